The van der Waals surface area contributed by atoms with Crippen molar-refractivity contribution in [1.82, 2.24) is 4.57 Å². The molecule has 1 heterocycles. The van der Waals surface area contributed by atoms with Gasteiger partial charge in [0.15, 0.2) is 5.78 Å². The van der Waals surface area contributed by atoms with Crippen molar-refractivity contribution < 1.29 is 14.4 Å². The Morgan fingerprint density at radius 2 is 1.56 bits per heavy atom. The molecule has 0 radical (unpaired) electrons. The van der Waals surface area contributed by atoms with Gasteiger partial charge in [-0.05, 0) is 62.6 Å². The molecule has 0 bridgehead atoms. The molecule has 5 heteroatoms. The lowest BCUT2D eigenvalue weighted by atomic mass is 9.83. The number of carbonyl (C=O) groups is 2. The minimum absolute atomic E-state index is 0.0304. The third kappa shape index (κ3) is 4.46. The molecule has 1 fully saturated rings. The number of nitrogens with zero attached hydrogens (tertiary/aromatic N) is 2. The Balaban J connectivity index is 1.66. The Hall–Kier alpha value is -3.73. The molecule has 0 N–H and O–H groups in total. The SMILES string of the molecule is CCn1c2ccc(C(=O)c3ccccc3C)cc2c2cc(/C(=N/OC(C)=O)C3CCCCC3)ccc21. The van der Waals surface area contributed by atoms with Crippen molar-refractivity contribution in [1.29, 1.82) is 0 Å². The van der Waals surface area contributed by atoms with Gasteiger partial charge in [-0.15, -0.1) is 0 Å². The minimum atomic E-state index is -0.411. The maximum atomic E-state index is 13.4. The summed E-state index contributed by atoms with van der Waals surface area (Å²) in [5.41, 5.74) is 6.41. The minimum Gasteiger partial charge on any atom is -0.341 e. The van der Waals surface area contributed by atoms with Crippen molar-refractivity contribution in [2.75, 3.05) is 0 Å². The zero-order valence-electron chi connectivity index (χ0n) is 21.2. The van der Waals surface area contributed by atoms with E-state index in [2.05, 4.69) is 40.9 Å². The molecule has 0 spiro atoms. The van der Waals surface area contributed by atoms with Crippen molar-refractivity contribution in [3.8, 4) is 0 Å². The number of oxime groups is 1. The summed E-state index contributed by atoms with van der Waals surface area (Å²) in [6, 6.07) is 20.1. The topological polar surface area (TPSA) is 60.7 Å². The van der Waals surface area contributed by atoms with Gasteiger partial charge in [0.25, 0.3) is 0 Å². The smallest absolute Gasteiger partial charge is 0.331 e. The van der Waals surface area contributed by atoms with E-state index in [4.69, 9.17) is 4.84 Å². The molecular weight excluding hydrogens is 448 g/mol. The molecule has 0 amide bonds. The second kappa shape index (κ2) is 10.1. The number of ketones is 1. The van der Waals surface area contributed by atoms with E-state index in [-0.39, 0.29) is 11.7 Å². The van der Waals surface area contributed by atoms with Crippen LogP contribution in [0.15, 0.2) is 65.8 Å². The molecule has 1 aromatic heterocycles. The molecule has 0 aliphatic heterocycles. The highest BCUT2D eigenvalue weighted by atomic mass is 16.7. The third-order valence-corrected chi connectivity index (χ3v) is 7.39. The fourth-order valence-electron chi connectivity index (χ4n) is 5.58. The van der Waals surface area contributed by atoms with Crippen LogP contribution in [0.1, 0.15) is 73.0 Å². The van der Waals surface area contributed by atoms with Crippen LogP contribution in [0.2, 0.25) is 0 Å². The molecule has 1 aliphatic carbocycles. The van der Waals surface area contributed by atoms with Crippen molar-refractivity contribution in [3.05, 3.63) is 82.9 Å². The number of aryl methyl sites for hydroxylation is 2. The van der Waals surface area contributed by atoms with Crippen molar-refractivity contribution in [2.45, 2.75) is 59.4 Å². The predicted molar refractivity (Wildman–Crippen MR) is 145 cm³/mol. The fourth-order valence-corrected chi connectivity index (χ4v) is 5.58. The van der Waals surface area contributed by atoms with Crippen molar-refractivity contribution in [3.63, 3.8) is 0 Å². The Kier molecular flexibility index (Phi) is 6.73. The zero-order chi connectivity index (χ0) is 25.2. The second-order valence-electron chi connectivity index (χ2n) is 9.75. The number of hydrogen-bond acceptors (Lipinski definition) is 4. The number of carbonyl (C=O) groups excluding carboxylic acids is 2. The van der Waals surface area contributed by atoms with Crippen molar-refractivity contribution >= 4 is 39.3 Å². The summed E-state index contributed by atoms with van der Waals surface area (Å²) < 4.78 is 2.28. The Bertz CT molecular complexity index is 1490. The van der Waals surface area contributed by atoms with Gasteiger partial charge in [0.2, 0.25) is 0 Å². The zero-order valence-corrected chi connectivity index (χ0v) is 21.2. The summed E-state index contributed by atoms with van der Waals surface area (Å²) in [5.74, 6) is -0.109. The molecule has 0 unspecified atom stereocenters. The highest BCUT2D eigenvalue weighted by Gasteiger charge is 2.23. The quantitative estimate of drug-likeness (QED) is 0.127. The predicted octanol–water partition coefficient (Wildman–Crippen LogP) is 7.20. The van der Waals surface area contributed by atoms with Gasteiger partial charge in [0.1, 0.15) is 0 Å². The van der Waals surface area contributed by atoms with E-state index < -0.39 is 5.97 Å². The van der Waals surface area contributed by atoms with Gasteiger partial charge < -0.3 is 9.40 Å². The van der Waals surface area contributed by atoms with Crippen LogP contribution in [0.5, 0.6) is 0 Å². The summed E-state index contributed by atoms with van der Waals surface area (Å²) in [7, 11) is 0. The Labute approximate surface area is 211 Å². The summed E-state index contributed by atoms with van der Waals surface area (Å²) in [5, 5.41) is 6.46. The molecule has 1 saturated carbocycles. The number of benzene rings is 3. The van der Waals surface area contributed by atoms with Gasteiger partial charge in [-0.1, -0.05) is 54.8 Å². The number of hydrogen-bond donors (Lipinski definition) is 0. The van der Waals surface area contributed by atoms with Gasteiger partial charge in [0.05, 0.1) is 5.71 Å². The van der Waals surface area contributed by atoms with Gasteiger partial charge in [-0.25, -0.2) is 4.79 Å². The van der Waals surface area contributed by atoms with E-state index in [9.17, 15) is 9.59 Å². The average molecular weight is 481 g/mol. The molecule has 3 aromatic carbocycles. The molecule has 36 heavy (non-hydrogen) atoms. The standard InChI is InChI=1S/C31H32N2O3/c1-4-33-28-16-14-23(30(32-36-21(3)34)22-11-6-5-7-12-22)18-26(28)27-19-24(15-17-29(27)33)31(35)25-13-9-8-10-20(25)2/h8-10,13-19,22H,4-7,11-12H2,1-3H3/b32-30+. The number of fused-ring (bicyclic) bond motifs is 3. The third-order valence-electron chi connectivity index (χ3n) is 7.39. The summed E-state index contributed by atoms with van der Waals surface area (Å²) >= 11 is 0. The van der Waals surface area contributed by atoms with E-state index in [1.54, 1.807) is 0 Å². The van der Waals surface area contributed by atoms with E-state index >= 15 is 0 Å². The largest absolute Gasteiger partial charge is 0.341 e. The van der Waals surface area contributed by atoms with Crippen LogP contribution in [0.3, 0.4) is 0 Å². The Morgan fingerprint density at radius 3 is 2.19 bits per heavy atom. The molecule has 0 atom stereocenters. The monoisotopic (exact) mass is 480 g/mol. The number of rotatable bonds is 6. The average Bonchev–Trinajstić information content (AvgIpc) is 3.21. The van der Waals surface area contributed by atoms with Crippen LogP contribution in [0.4, 0.5) is 0 Å². The molecule has 0 saturated heterocycles. The lowest BCUT2D eigenvalue weighted by Crippen LogP contribution is -2.20. The first-order chi connectivity index (χ1) is 17.5. The molecule has 184 valence electrons. The first-order valence-electron chi connectivity index (χ1n) is 12.9. The van der Waals surface area contributed by atoms with Crippen molar-refractivity contribution in [2.24, 2.45) is 11.1 Å². The second-order valence-corrected chi connectivity index (χ2v) is 9.75. The van der Waals surface area contributed by atoms with E-state index in [1.807, 2.05) is 43.3 Å². The maximum absolute atomic E-state index is 13.4. The lowest BCUT2D eigenvalue weighted by molar-refractivity contribution is -0.140. The summed E-state index contributed by atoms with van der Waals surface area (Å²) in [6.07, 6.45) is 5.64. The maximum Gasteiger partial charge on any atom is 0.331 e. The van der Waals surface area contributed by atoms with Crippen LogP contribution in [-0.4, -0.2) is 22.0 Å². The highest BCUT2D eigenvalue weighted by Crippen LogP contribution is 2.34. The van der Waals surface area contributed by atoms with Gasteiger partial charge >= 0.3 is 5.97 Å². The molecule has 5 nitrogen and oxygen atoms in total. The van der Waals surface area contributed by atoms with Crippen LogP contribution in [0, 0.1) is 12.8 Å². The van der Waals surface area contributed by atoms with E-state index in [1.165, 1.54) is 13.3 Å². The molecule has 5 rings (SSSR count). The van der Waals surface area contributed by atoms with E-state index in [0.29, 0.717) is 5.56 Å². The van der Waals surface area contributed by atoms with Crippen LogP contribution in [0.25, 0.3) is 21.8 Å². The first-order valence-corrected chi connectivity index (χ1v) is 12.9. The lowest BCUT2D eigenvalue weighted by Gasteiger charge is -2.23. The van der Waals surface area contributed by atoms with E-state index in [0.717, 1.165) is 76.4 Å². The summed E-state index contributed by atoms with van der Waals surface area (Å²) in [4.78, 5) is 30.1. The first kappa shape index (κ1) is 24.0. The van der Waals surface area contributed by atoms with Gasteiger partial charge in [-0.3, -0.25) is 4.79 Å². The number of aromatic nitrogens is 1. The van der Waals surface area contributed by atoms with Gasteiger partial charge in [-0.2, -0.15) is 0 Å². The highest BCUT2D eigenvalue weighted by molar-refractivity contribution is 6.16. The fraction of sp³-hybridized carbons (Fsp3) is 0.323. The molecule has 4 aromatic rings. The van der Waals surface area contributed by atoms with Gasteiger partial charge in [0, 0.05) is 57.9 Å². The van der Waals surface area contributed by atoms with Crippen LogP contribution < -0.4 is 0 Å². The summed E-state index contributed by atoms with van der Waals surface area (Å²) in [6.45, 7) is 6.31. The van der Waals surface area contributed by atoms with Crippen LogP contribution >= 0.6 is 0 Å². The normalized spacial score (nSPS) is 14.9. The Morgan fingerprint density at radius 1 is 0.917 bits per heavy atom. The van der Waals surface area contributed by atoms with Crippen LogP contribution in [-0.2, 0) is 16.2 Å². The molecule has 1 aliphatic rings. The molecular formula is C31H32N2O3.